The summed E-state index contributed by atoms with van der Waals surface area (Å²) in [6.07, 6.45) is 5.92. The molecule has 0 spiro atoms. The first-order valence-electron chi connectivity index (χ1n) is 7.35. The zero-order valence-corrected chi connectivity index (χ0v) is 13.6. The summed E-state index contributed by atoms with van der Waals surface area (Å²) in [6, 6.07) is 12.8. The number of para-hydroxylation sites is 1. The van der Waals surface area contributed by atoms with Crippen LogP contribution in [0.1, 0.15) is 5.56 Å². The van der Waals surface area contributed by atoms with Crippen molar-refractivity contribution in [3.63, 3.8) is 0 Å². The van der Waals surface area contributed by atoms with E-state index in [4.69, 9.17) is 5.14 Å². The molecule has 0 bridgehead atoms. The van der Waals surface area contributed by atoms with Crippen molar-refractivity contribution in [2.45, 2.75) is 11.3 Å². The number of nitrogens with zero attached hydrogens (tertiary/aromatic N) is 3. The van der Waals surface area contributed by atoms with Crippen molar-refractivity contribution >= 4 is 15.8 Å². The molecule has 2 heterocycles. The molecule has 124 valence electrons. The maximum Gasteiger partial charge on any atom is 0.241 e. The van der Waals surface area contributed by atoms with E-state index in [1.165, 1.54) is 18.3 Å². The van der Waals surface area contributed by atoms with Gasteiger partial charge in [0, 0.05) is 18.9 Å². The van der Waals surface area contributed by atoms with Crippen LogP contribution in [0.5, 0.6) is 0 Å². The van der Waals surface area contributed by atoms with E-state index < -0.39 is 10.0 Å². The van der Waals surface area contributed by atoms with Gasteiger partial charge in [-0.25, -0.2) is 23.2 Å². The third-order valence-corrected chi connectivity index (χ3v) is 4.38. The number of sulfonamides is 1. The maximum atomic E-state index is 11.5. The predicted molar refractivity (Wildman–Crippen MR) is 91.4 cm³/mol. The van der Waals surface area contributed by atoms with Gasteiger partial charge in [0.2, 0.25) is 10.0 Å². The molecule has 3 N–H and O–H groups in total. The van der Waals surface area contributed by atoms with E-state index in [0.29, 0.717) is 13.0 Å². The molecule has 1 aromatic carbocycles. The minimum absolute atomic E-state index is 0.00928. The summed E-state index contributed by atoms with van der Waals surface area (Å²) in [7, 11) is -3.80. The van der Waals surface area contributed by atoms with Gasteiger partial charge >= 0.3 is 0 Å². The maximum absolute atomic E-state index is 11.5. The van der Waals surface area contributed by atoms with Crippen LogP contribution in [0.4, 0.5) is 5.82 Å². The first-order valence-corrected chi connectivity index (χ1v) is 8.89. The second-order valence-corrected chi connectivity index (χ2v) is 6.73. The van der Waals surface area contributed by atoms with Gasteiger partial charge < -0.3 is 5.32 Å². The zero-order chi connectivity index (χ0) is 17.0. The van der Waals surface area contributed by atoms with Crippen molar-refractivity contribution < 1.29 is 8.42 Å². The summed E-state index contributed by atoms with van der Waals surface area (Å²) >= 11 is 0. The van der Waals surface area contributed by atoms with Crippen LogP contribution < -0.4 is 10.5 Å². The van der Waals surface area contributed by atoms with Gasteiger partial charge in [0.25, 0.3) is 0 Å². The minimum atomic E-state index is -3.80. The standard InChI is InChI=1S/C16H17N5O2S/c17-24(22,23)15-7-4-9-18-16(15)19-10-8-13-11-20-21(12-13)14-5-2-1-3-6-14/h1-7,9,11-12H,8,10H2,(H,18,19)(H2,17,22,23). The highest BCUT2D eigenvalue weighted by Crippen LogP contribution is 2.16. The van der Waals surface area contributed by atoms with Gasteiger partial charge in [-0.1, -0.05) is 18.2 Å². The smallest absolute Gasteiger partial charge is 0.241 e. The zero-order valence-electron chi connectivity index (χ0n) is 12.8. The number of pyridine rings is 1. The summed E-state index contributed by atoms with van der Waals surface area (Å²) in [4.78, 5) is 4.03. The SMILES string of the molecule is NS(=O)(=O)c1cccnc1NCCc1cnn(-c2ccccc2)c1. The Balaban J connectivity index is 1.65. The van der Waals surface area contributed by atoms with E-state index in [-0.39, 0.29) is 10.7 Å². The number of benzene rings is 1. The van der Waals surface area contributed by atoms with Gasteiger partial charge in [0.05, 0.1) is 11.9 Å². The summed E-state index contributed by atoms with van der Waals surface area (Å²) in [5.74, 6) is 0.260. The van der Waals surface area contributed by atoms with Crippen molar-refractivity contribution in [2.24, 2.45) is 5.14 Å². The second kappa shape index (κ2) is 6.81. The number of primary sulfonamides is 1. The summed E-state index contributed by atoms with van der Waals surface area (Å²) in [5.41, 5.74) is 2.01. The van der Waals surface area contributed by atoms with Crippen LogP contribution >= 0.6 is 0 Å². The summed E-state index contributed by atoms with van der Waals surface area (Å²) in [5, 5.41) is 12.5. The number of rotatable bonds is 6. The molecule has 0 aliphatic carbocycles. The molecule has 0 radical (unpaired) electrons. The molecular weight excluding hydrogens is 326 g/mol. The van der Waals surface area contributed by atoms with Gasteiger partial charge in [0.15, 0.2) is 0 Å². The van der Waals surface area contributed by atoms with Crippen molar-refractivity contribution in [2.75, 3.05) is 11.9 Å². The third kappa shape index (κ3) is 3.79. The number of aromatic nitrogens is 3. The lowest BCUT2D eigenvalue weighted by Crippen LogP contribution is -2.16. The molecule has 0 saturated carbocycles. The summed E-state index contributed by atoms with van der Waals surface area (Å²) < 4.78 is 24.9. The van der Waals surface area contributed by atoms with Crippen LogP contribution in [0.2, 0.25) is 0 Å². The Morgan fingerprint density at radius 3 is 2.67 bits per heavy atom. The Bertz CT molecular complexity index is 922. The fraction of sp³-hybridized carbons (Fsp3) is 0.125. The van der Waals surface area contributed by atoms with E-state index >= 15 is 0 Å². The van der Waals surface area contributed by atoms with Crippen molar-refractivity contribution in [3.8, 4) is 5.69 Å². The third-order valence-electron chi connectivity index (χ3n) is 3.44. The average Bonchev–Trinajstić information content (AvgIpc) is 3.04. The van der Waals surface area contributed by atoms with Crippen LogP contribution in [0, 0.1) is 0 Å². The van der Waals surface area contributed by atoms with Crippen molar-refractivity contribution in [3.05, 3.63) is 66.6 Å². The molecule has 0 aliphatic rings. The number of hydrogen-bond donors (Lipinski definition) is 2. The molecule has 0 aliphatic heterocycles. The van der Waals surface area contributed by atoms with Gasteiger partial charge in [0.1, 0.15) is 10.7 Å². The highest BCUT2D eigenvalue weighted by molar-refractivity contribution is 7.89. The van der Waals surface area contributed by atoms with E-state index in [0.717, 1.165) is 11.3 Å². The van der Waals surface area contributed by atoms with Crippen LogP contribution in [-0.4, -0.2) is 29.7 Å². The van der Waals surface area contributed by atoms with Gasteiger partial charge in [-0.3, -0.25) is 0 Å². The van der Waals surface area contributed by atoms with E-state index in [9.17, 15) is 8.42 Å². The van der Waals surface area contributed by atoms with Crippen molar-refractivity contribution in [1.29, 1.82) is 0 Å². The summed E-state index contributed by atoms with van der Waals surface area (Å²) in [6.45, 7) is 0.514. The Morgan fingerprint density at radius 2 is 1.92 bits per heavy atom. The monoisotopic (exact) mass is 343 g/mol. The van der Waals surface area contributed by atoms with Crippen LogP contribution in [0.15, 0.2) is 66.0 Å². The first-order chi connectivity index (χ1) is 11.5. The van der Waals surface area contributed by atoms with Crippen LogP contribution in [0.25, 0.3) is 5.69 Å². The van der Waals surface area contributed by atoms with Gasteiger partial charge in [-0.05, 0) is 36.2 Å². The molecule has 8 heteroatoms. The molecule has 0 unspecified atom stereocenters. The van der Waals surface area contributed by atoms with E-state index in [1.54, 1.807) is 10.9 Å². The molecule has 0 amide bonds. The van der Waals surface area contributed by atoms with E-state index in [1.807, 2.05) is 36.5 Å². The second-order valence-electron chi connectivity index (χ2n) is 5.20. The Hall–Kier alpha value is -2.71. The first kappa shape index (κ1) is 16.2. The molecule has 2 aromatic heterocycles. The van der Waals surface area contributed by atoms with E-state index in [2.05, 4.69) is 15.4 Å². The van der Waals surface area contributed by atoms with Gasteiger partial charge in [-0.2, -0.15) is 5.10 Å². The quantitative estimate of drug-likeness (QED) is 0.707. The molecule has 0 saturated heterocycles. The molecule has 3 rings (SSSR count). The lowest BCUT2D eigenvalue weighted by atomic mass is 10.2. The highest BCUT2D eigenvalue weighted by atomic mass is 32.2. The molecule has 0 fully saturated rings. The molecule has 7 nitrogen and oxygen atoms in total. The molecule has 0 atom stereocenters. The lowest BCUT2D eigenvalue weighted by Gasteiger charge is -2.08. The van der Waals surface area contributed by atoms with Gasteiger partial charge in [-0.15, -0.1) is 0 Å². The molecular formula is C16H17N5O2S. The van der Waals surface area contributed by atoms with Crippen LogP contribution in [-0.2, 0) is 16.4 Å². The Labute approximate surface area is 140 Å². The number of nitrogens with one attached hydrogen (secondary N) is 1. The Kier molecular flexibility index (Phi) is 4.59. The predicted octanol–water partition coefficient (Wildman–Crippen LogP) is 1.57. The molecule has 3 aromatic rings. The number of hydrogen-bond acceptors (Lipinski definition) is 5. The number of anilines is 1. The number of nitrogens with two attached hydrogens (primary N) is 1. The fourth-order valence-corrected chi connectivity index (χ4v) is 2.95. The lowest BCUT2D eigenvalue weighted by molar-refractivity contribution is 0.597. The largest absolute Gasteiger partial charge is 0.369 e. The minimum Gasteiger partial charge on any atom is -0.369 e. The van der Waals surface area contributed by atoms with Crippen LogP contribution in [0.3, 0.4) is 0 Å². The van der Waals surface area contributed by atoms with Crippen molar-refractivity contribution in [1.82, 2.24) is 14.8 Å². The molecule has 24 heavy (non-hydrogen) atoms. The normalized spacial score (nSPS) is 11.4. The topological polar surface area (TPSA) is 103 Å². The average molecular weight is 343 g/mol. The highest BCUT2D eigenvalue weighted by Gasteiger charge is 2.14. The fourth-order valence-electron chi connectivity index (χ4n) is 2.29. The Morgan fingerprint density at radius 1 is 1.12 bits per heavy atom.